The molecular weight excluding hydrogens is 232 g/mol. The molecule has 0 saturated heterocycles. The van der Waals surface area contributed by atoms with Gasteiger partial charge in [0.2, 0.25) is 0 Å². The van der Waals surface area contributed by atoms with Gasteiger partial charge in [-0.25, -0.2) is 4.79 Å². The van der Waals surface area contributed by atoms with Crippen LogP contribution in [0.25, 0.3) is 0 Å². The summed E-state index contributed by atoms with van der Waals surface area (Å²) in [6.45, 7) is 12.8. The molecule has 1 unspecified atom stereocenters. The zero-order chi connectivity index (χ0) is 14.4. The number of amides is 1. The molecule has 1 amide bonds. The van der Waals surface area contributed by atoms with Crippen molar-refractivity contribution < 1.29 is 14.6 Å². The van der Waals surface area contributed by atoms with Crippen molar-refractivity contribution in [2.24, 2.45) is 5.41 Å². The van der Waals surface area contributed by atoms with E-state index in [1.807, 2.05) is 41.5 Å². The van der Waals surface area contributed by atoms with Gasteiger partial charge in [0.05, 0.1) is 0 Å². The molecule has 0 bridgehead atoms. The predicted molar refractivity (Wildman–Crippen MR) is 72.6 cm³/mol. The molecule has 0 heterocycles. The van der Waals surface area contributed by atoms with Crippen LogP contribution in [-0.2, 0) is 4.74 Å². The normalized spacial score (nSPS) is 14.2. The van der Waals surface area contributed by atoms with Crippen LogP contribution in [-0.4, -0.2) is 42.5 Å². The Balaban J connectivity index is 3.85. The molecule has 3 N–H and O–H groups in total. The van der Waals surface area contributed by atoms with Gasteiger partial charge < -0.3 is 20.5 Å². The van der Waals surface area contributed by atoms with Crippen LogP contribution in [0.2, 0.25) is 0 Å². The summed E-state index contributed by atoms with van der Waals surface area (Å²) in [4.78, 5) is 11.5. The fraction of sp³-hybridized carbons (Fsp3) is 0.923. The highest BCUT2D eigenvalue weighted by Crippen LogP contribution is 2.11. The minimum absolute atomic E-state index is 0.0191. The Hall–Kier alpha value is -0.810. The third-order valence-electron chi connectivity index (χ3n) is 2.25. The van der Waals surface area contributed by atoms with Gasteiger partial charge in [-0.15, -0.1) is 0 Å². The zero-order valence-electron chi connectivity index (χ0n) is 12.5. The predicted octanol–water partition coefficient (Wildman–Crippen LogP) is 1.51. The van der Waals surface area contributed by atoms with Crippen molar-refractivity contribution in [2.75, 3.05) is 19.7 Å². The van der Waals surface area contributed by atoms with Crippen LogP contribution in [0.15, 0.2) is 0 Å². The number of rotatable bonds is 6. The second-order valence-corrected chi connectivity index (χ2v) is 6.50. The molecule has 0 aromatic heterocycles. The van der Waals surface area contributed by atoms with E-state index in [1.165, 1.54) is 0 Å². The van der Waals surface area contributed by atoms with Gasteiger partial charge in [-0.2, -0.15) is 0 Å². The van der Waals surface area contributed by atoms with Gasteiger partial charge in [0.1, 0.15) is 5.60 Å². The smallest absolute Gasteiger partial charge is 0.407 e. The van der Waals surface area contributed by atoms with Crippen LogP contribution >= 0.6 is 0 Å². The second-order valence-electron chi connectivity index (χ2n) is 6.50. The number of aliphatic hydroxyl groups is 1. The summed E-state index contributed by atoms with van der Waals surface area (Å²) in [6.07, 6.45) is -0.404. The number of nitrogens with one attached hydrogen (secondary N) is 2. The summed E-state index contributed by atoms with van der Waals surface area (Å²) in [5, 5.41) is 15.1. The molecule has 0 aliphatic heterocycles. The molecule has 0 aliphatic rings. The lowest BCUT2D eigenvalue weighted by molar-refractivity contribution is 0.0507. The maximum Gasteiger partial charge on any atom is 0.407 e. The molecule has 0 rings (SSSR count). The number of hydrogen-bond donors (Lipinski definition) is 3. The number of carbonyl (C=O) groups is 1. The van der Waals surface area contributed by atoms with Crippen molar-refractivity contribution >= 4 is 6.09 Å². The lowest BCUT2D eigenvalue weighted by Gasteiger charge is -2.24. The summed E-state index contributed by atoms with van der Waals surface area (Å²) in [5.41, 5.74) is -0.623. The summed E-state index contributed by atoms with van der Waals surface area (Å²) in [7, 11) is 0. The topological polar surface area (TPSA) is 70.6 Å². The molecule has 18 heavy (non-hydrogen) atoms. The van der Waals surface area contributed by atoms with Gasteiger partial charge in [-0.3, -0.25) is 0 Å². The van der Waals surface area contributed by atoms with E-state index < -0.39 is 11.7 Å². The molecule has 0 aromatic rings. The Morgan fingerprint density at radius 2 is 1.83 bits per heavy atom. The fourth-order valence-corrected chi connectivity index (χ4v) is 1.24. The van der Waals surface area contributed by atoms with Crippen LogP contribution in [0.5, 0.6) is 0 Å². The van der Waals surface area contributed by atoms with Crippen molar-refractivity contribution in [1.29, 1.82) is 0 Å². The Morgan fingerprint density at radius 1 is 1.28 bits per heavy atom. The Kier molecular flexibility index (Phi) is 6.63. The first-order valence-electron chi connectivity index (χ1n) is 6.37. The lowest BCUT2D eigenvalue weighted by atomic mass is 9.95. The van der Waals surface area contributed by atoms with Crippen LogP contribution in [0.4, 0.5) is 4.79 Å². The quantitative estimate of drug-likeness (QED) is 0.677. The maximum atomic E-state index is 11.5. The summed E-state index contributed by atoms with van der Waals surface area (Å²) in [6, 6.07) is -0.0191. The highest BCUT2D eigenvalue weighted by Gasteiger charge is 2.19. The third-order valence-corrected chi connectivity index (χ3v) is 2.25. The van der Waals surface area contributed by atoms with Gasteiger partial charge in [-0.05, 0) is 27.7 Å². The number of carbonyl (C=O) groups excluding carboxylic acids is 1. The zero-order valence-corrected chi connectivity index (χ0v) is 12.5. The highest BCUT2D eigenvalue weighted by molar-refractivity contribution is 5.68. The van der Waals surface area contributed by atoms with E-state index in [9.17, 15) is 4.79 Å². The van der Waals surface area contributed by atoms with E-state index >= 15 is 0 Å². The van der Waals surface area contributed by atoms with Crippen molar-refractivity contribution in [3.8, 4) is 0 Å². The van der Waals surface area contributed by atoms with E-state index in [0.29, 0.717) is 13.1 Å². The first-order valence-corrected chi connectivity index (χ1v) is 6.37. The van der Waals surface area contributed by atoms with Gasteiger partial charge in [0.15, 0.2) is 0 Å². The monoisotopic (exact) mass is 260 g/mol. The Bertz CT molecular complexity index is 259. The molecule has 0 radical (unpaired) electrons. The highest BCUT2D eigenvalue weighted by atomic mass is 16.6. The van der Waals surface area contributed by atoms with Crippen LogP contribution in [0.1, 0.15) is 41.5 Å². The fourth-order valence-electron chi connectivity index (χ4n) is 1.24. The number of ether oxygens (including phenoxy) is 1. The lowest BCUT2D eigenvalue weighted by Crippen LogP contribution is -2.44. The van der Waals surface area contributed by atoms with Crippen LogP contribution in [0, 0.1) is 5.41 Å². The van der Waals surface area contributed by atoms with E-state index in [0.717, 1.165) is 0 Å². The summed E-state index contributed by atoms with van der Waals surface area (Å²) >= 11 is 0. The summed E-state index contributed by atoms with van der Waals surface area (Å²) < 4.78 is 5.16. The van der Waals surface area contributed by atoms with Gasteiger partial charge in [0.25, 0.3) is 0 Å². The SMILES string of the molecule is CC(CNCC(C)(C)CO)NC(=O)OC(C)(C)C. The molecule has 0 aliphatic carbocycles. The average molecular weight is 260 g/mol. The van der Waals surface area contributed by atoms with E-state index in [2.05, 4.69) is 10.6 Å². The molecular formula is C13H28N2O3. The number of hydrogen-bond acceptors (Lipinski definition) is 4. The molecule has 0 spiro atoms. The largest absolute Gasteiger partial charge is 0.444 e. The Morgan fingerprint density at radius 3 is 2.28 bits per heavy atom. The second kappa shape index (κ2) is 6.95. The molecule has 0 saturated carbocycles. The third kappa shape index (κ3) is 9.24. The molecule has 0 fully saturated rings. The van der Waals surface area contributed by atoms with Crippen molar-refractivity contribution in [2.45, 2.75) is 53.2 Å². The van der Waals surface area contributed by atoms with Gasteiger partial charge in [0, 0.05) is 31.2 Å². The maximum absolute atomic E-state index is 11.5. The van der Waals surface area contributed by atoms with Gasteiger partial charge >= 0.3 is 6.09 Å². The number of alkyl carbamates (subject to hydrolysis) is 1. The standard InChI is InChI=1S/C13H28N2O3/c1-10(7-14-8-13(5,6)9-16)15-11(17)18-12(2,3)4/h10,14,16H,7-9H2,1-6H3,(H,15,17). The minimum Gasteiger partial charge on any atom is -0.444 e. The Labute approximate surface area is 110 Å². The van der Waals surface area contributed by atoms with E-state index in [1.54, 1.807) is 0 Å². The molecule has 5 heteroatoms. The molecule has 108 valence electrons. The van der Waals surface area contributed by atoms with Crippen LogP contribution < -0.4 is 10.6 Å². The first-order chi connectivity index (χ1) is 8.06. The van der Waals surface area contributed by atoms with Crippen LogP contribution in [0.3, 0.4) is 0 Å². The van der Waals surface area contributed by atoms with E-state index in [-0.39, 0.29) is 18.1 Å². The van der Waals surface area contributed by atoms with Gasteiger partial charge in [-0.1, -0.05) is 13.8 Å². The summed E-state index contributed by atoms with van der Waals surface area (Å²) in [5.74, 6) is 0. The van der Waals surface area contributed by atoms with E-state index in [4.69, 9.17) is 9.84 Å². The van der Waals surface area contributed by atoms with Crippen molar-refractivity contribution in [3.05, 3.63) is 0 Å². The average Bonchev–Trinajstić information content (AvgIpc) is 2.13. The molecule has 1 atom stereocenters. The molecule has 0 aromatic carbocycles. The first kappa shape index (κ1) is 17.2. The van der Waals surface area contributed by atoms with Crippen molar-refractivity contribution in [3.63, 3.8) is 0 Å². The molecule has 5 nitrogen and oxygen atoms in total. The minimum atomic E-state index is -0.476. The number of aliphatic hydroxyl groups excluding tert-OH is 1. The van der Waals surface area contributed by atoms with Crippen molar-refractivity contribution in [1.82, 2.24) is 10.6 Å².